The predicted molar refractivity (Wildman–Crippen MR) is 132 cm³/mol. The second kappa shape index (κ2) is 17.3. The van der Waals surface area contributed by atoms with Gasteiger partial charge in [0.05, 0.1) is 6.61 Å². The van der Waals surface area contributed by atoms with Gasteiger partial charge in [-0.25, -0.2) is 0 Å². The van der Waals surface area contributed by atoms with E-state index in [0.717, 1.165) is 13.8 Å². The van der Waals surface area contributed by atoms with Crippen molar-refractivity contribution in [3.05, 3.63) is 0 Å². The number of nitrogens with one attached hydrogen (secondary N) is 2. The van der Waals surface area contributed by atoms with Crippen molar-refractivity contribution in [2.24, 2.45) is 5.73 Å². The van der Waals surface area contributed by atoms with Gasteiger partial charge >= 0.3 is 23.9 Å². The molecule has 0 aromatic carbocycles. The molecule has 39 heavy (non-hydrogen) atoms. The molecular weight excluding hydrogens is 522 g/mol. The quantitative estimate of drug-likeness (QED) is 0.102. The van der Waals surface area contributed by atoms with Gasteiger partial charge in [0.15, 0.2) is 18.5 Å². The zero-order chi connectivity index (χ0) is 29.5. The van der Waals surface area contributed by atoms with Crippen LogP contribution >= 0.6 is 0 Å². The third-order valence-corrected chi connectivity index (χ3v) is 5.48. The number of ether oxygens (including phenoxy) is 5. The molecule has 222 valence electrons. The Morgan fingerprint density at radius 2 is 1.56 bits per heavy atom. The molecule has 2 unspecified atom stereocenters. The molecular formula is C24H39N3O12. The fourth-order valence-corrected chi connectivity index (χ4v) is 3.79. The normalized spacial score (nSPS) is 23.2. The number of nitrogens with two attached hydrogens (primary N) is 1. The van der Waals surface area contributed by atoms with E-state index >= 15 is 0 Å². The van der Waals surface area contributed by atoms with Gasteiger partial charge in [0, 0.05) is 40.7 Å². The van der Waals surface area contributed by atoms with Crippen molar-refractivity contribution in [2.75, 3.05) is 19.8 Å². The maximum Gasteiger partial charge on any atom is 0.320 e. The zero-order valence-corrected chi connectivity index (χ0v) is 22.6. The number of unbranched alkanes of at least 4 members (excludes halogenated alkanes) is 1. The fraction of sp³-hybridized carbons (Fsp3) is 0.750. The van der Waals surface area contributed by atoms with E-state index in [2.05, 4.69) is 10.6 Å². The first-order valence-corrected chi connectivity index (χ1v) is 12.6. The van der Waals surface area contributed by atoms with Crippen molar-refractivity contribution < 1.29 is 57.6 Å². The van der Waals surface area contributed by atoms with Gasteiger partial charge in [-0.1, -0.05) is 0 Å². The Morgan fingerprint density at radius 1 is 0.923 bits per heavy atom. The van der Waals surface area contributed by atoms with E-state index in [4.69, 9.17) is 34.5 Å². The lowest BCUT2D eigenvalue weighted by Gasteiger charge is -2.44. The molecule has 1 rings (SSSR count). The number of hydrogen-bond acceptors (Lipinski definition) is 12. The van der Waals surface area contributed by atoms with Crippen LogP contribution in [0.25, 0.3) is 0 Å². The lowest BCUT2D eigenvalue weighted by Crippen LogP contribution is -2.66. The summed E-state index contributed by atoms with van der Waals surface area (Å²) in [5, 5.41) is 14.1. The Kier molecular flexibility index (Phi) is 15.0. The van der Waals surface area contributed by atoms with Crippen molar-refractivity contribution in [2.45, 2.75) is 96.5 Å². The van der Waals surface area contributed by atoms with Gasteiger partial charge in [-0.05, 0) is 25.7 Å². The molecule has 0 aliphatic carbocycles. The molecule has 15 heteroatoms. The molecule has 5 N–H and O–H groups in total. The van der Waals surface area contributed by atoms with Crippen LogP contribution in [0.15, 0.2) is 0 Å². The Bertz CT molecular complexity index is 867. The monoisotopic (exact) mass is 561 g/mol. The Balaban J connectivity index is 2.78. The molecule has 2 amide bonds. The van der Waals surface area contributed by atoms with Gasteiger partial charge < -0.3 is 45.2 Å². The van der Waals surface area contributed by atoms with Gasteiger partial charge in [0.1, 0.15) is 24.8 Å². The summed E-state index contributed by atoms with van der Waals surface area (Å²) in [4.78, 5) is 69.7. The van der Waals surface area contributed by atoms with E-state index < -0.39 is 66.5 Å². The largest absolute Gasteiger partial charge is 0.480 e. The van der Waals surface area contributed by atoms with Crippen molar-refractivity contribution in [1.29, 1.82) is 0 Å². The first-order chi connectivity index (χ1) is 18.3. The van der Waals surface area contributed by atoms with Crippen LogP contribution in [0.5, 0.6) is 0 Å². The van der Waals surface area contributed by atoms with Crippen LogP contribution in [-0.2, 0) is 52.5 Å². The number of carboxylic acid groups (broad SMARTS) is 1. The molecule has 0 radical (unpaired) electrons. The number of carboxylic acids is 1. The van der Waals surface area contributed by atoms with Crippen LogP contribution < -0.4 is 16.4 Å². The van der Waals surface area contributed by atoms with Crippen LogP contribution in [0.1, 0.15) is 59.8 Å². The summed E-state index contributed by atoms with van der Waals surface area (Å²) in [5.41, 5.74) is 5.43. The second-order valence-electron chi connectivity index (χ2n) is 8.98. The summed E-state index contributed by atoms with van der Waals surface area (Å²) in [6.45, 7) is 4.71. The third-order valence-electron chi connectivity index (χ3n) is 5.48. The van der Waals surface area contributed by atoms with Crippen molar-refractivity contribution in [3.8, 4) is 0 Å². The summed E-state index contributed by atoms with van der Waals surface area (Å²) in [5.74, 6) is -3.88. The van der Waals surface area contributed by atoms with Crippen LogP contribution in [0, 0.1) is 0 Å². The summed E-state index contributed by atoms with van der Waals surface area (Å²) in [6.07, 6.45) is -2.95. The summed E-state index contributed by atoms with van der Waals surface area (Å²) in [6, 6.07) is -2.02. The van der Waals surface area contributed by atoms with Crippen molar-refractivity contribution >= 4 is 35.7 Å². The van der Waals surface area contributed by atoms with Crippen molar-refractivity contribution in [1.82, 2.24) is 10.6 Å². The molecule has 1 aliphatic rings. The number of carbonyl (C=O) groups is 6. The molecule has 0 spiro atoms. The Hall–Kier alpha value is -3.30. The molecule has 1 aliphatic heterocycles. The van der Waals surface area contributed by atoms with Gasteiger partial charge in [-0.3, -0.25) is 28.8 Å². The minimum absolute atomic E-state index is 0.00689. The zero-order valence-electron chi connectivity index (χ0n) is 22.6. The van der Waals surface area contributed by atoms with E-state index in [0.29, 0.717) is 25.8 Å². The number of esters is 3. The highest BCUT2D eigenvalue weighted by molar-refractivity contribution is 5.76. The average Bonchev–Trinajstić information content (AvgIpc) is 2.82. The SMILES string of the molecule is CC(=O)NC1[C@H](OCCCC(=O)NCCCC[C@H](N)C(=O)O)OC(COC(C)=O)[C@@H](OC(C)=O)[C@@H]1OC(C)=O. The van der Waals surface area contributed by atoms with Crippen LogP contribution in [0.4, 0.5) is 0 Å². The van der Waals surface area contributed by atoms with Gasteiger partial charge in [0.25, 0.3) is 0 Å². The first kappa shape index (κ1) is 33.7. The highest BCUT2D eigenvalue weighted by Crippen LogP contribution is 2.28. The van der Waals surface area contributed by atoms with E-state index in [9.17, 15) is 28.8 Å². The van der Waals surface area contributed by atoms with Crippen LogP contribution in [-0.4, -0.2) is 97.2 Å². The molecule has 6 atom stereocenters. The Morgan fingerprint density at radius 3 is 2.13 bits per heavy atom. The van der Waals surface area contributed by atoms with Crippen LogP contribution in [0.2, 0.25) is 0 Å². The fourth-order valence-electron chi connectivity index (χ4n) is 3.79. The average molecular weight is 562 g/mol. The van der Waals surface area contributed by atoms with Crippen LogP contribution in [0.3, 0.4) is 0 Å². The maximum atomic E-state index is 12.1. The number of carbonyl (C=O) groups excluding carboxylic acids is 5. The number of aliphatic carboxylic acids is 1. The highest BCUT2D eigenvalue weighted by atomic mass is 16.7. The molecule has 0 bridgehead atoms. The minimum Gasteiger partial charge on any atom is -0.480 e. The lowest BCUT2D eigenvalue weighted by molar-refractivity contribution is -0.277. The smallest absolute Gasteiger partial charge is 0.320 e. The number of hydrogen-bond donors (Lipinski definition) is 4. The van der Waals surface area contributed by atoms with E-state index in [1.165, 1.54) is 13.8 Å². The van der Waals surface area contributed by atoms with E-state index in [1.54, 1.807) is 0 Å². The molecule has 1 heterocycles. The second-order valence-corrected chi connectivity index (χ2v) is 8.98. The minimum atomic E-state index is -1.23. The molecule has 1 saturated heterocycles. The molecule has 0 aromatic heterocycles. The molecule has 15 nitrogen and oxygen atoms in total. The highest BCUT2D eigenvalue weighted by Gasteiger charge is 2.51. The number of rotatable bonds is 16. The van der Waals surface area contributed by atoms with Gasteiger partial charge in [-0.2, -0.15) is 0 Å². The summed E-state index contributed by atoms with van der Waals surface area (Å²) >= 11 is 0. The van der Waals surface area contributed by atoms with Crippen molar-refractivity contribution in [3.63, 3.8) is 0 Å². The standard InChI is InChI=1S/C24H39N3O12/c1-13(28)27-20-22(38-16(4)31)21(37-15(3)30)18(12-36-14(2)29)39-24(20)35-11-7-9-19(32)26-10-6-5-8-17(25)23(33)34/h17-18,20-22,24H,5-12,25H2,1-4H3,(H,26,32)(H,27,28)(H,33,34)/t17-,18?,20?,21+,22+,24+/m0/s1. The first-order valence-electron chi connectivity index (χ1n) is 12.6. The summed E-state index contributed by atoms with van der Waals surface area (Å²) < 4.78 is 27.4. The van der Waals surface area contributed by atoms with E-state index in [-0.39, 0.29) is 32.0 Å². The Labute approximate surface area is 226 Å². The molecule has 1 fully saturated rings. The molecule has 0 aromatic rings. The maximum absolute atomic E-state index is 12.1. The predicted octanol–water partition coefficient (Wildman–Crippen LogP) is -0.862. The van der Waals surface area contributed by atoms with Gasteiger partial charge in [0.2, 0.25) is 11.8 Å². The number of amides is 2. The topological polar surface area (TPSA) is 219 Å². The van der Waals surface area contributed by atoms with E-state index in [1.807, 2.05) is 0 Å². The lowest BCUT2D eigenvalue weighted by atomic mass is 9.96. The van der Waals surface area contributed by atoms with Gasteiger partial charge in [-0.15, -0.1) is 0 Å². The third kappa shape index (κ3) is 13.4. The molecule has 0 saturated carbocycles. The summed E-state index contributed by atoms with van der Waals surface area (Å²) in [7, 11) is 0.